The second-order valence-electron chi connectivity index (χ2n) is 5.52. The van der Waals surface area contributed by atoms with Crippen molar-refractivity contribution in [1.82, 2.24) is 4.90 Å². The molecule has 2 amide bonds. The summed E-state index contributed by atoms with van der Waals surface area (Å²) >= 11 is 0. The molecule has 0 fully saturated rings. The first-order valence-electron chi connectivity index (χ1n) is 7.59. The normalized spacial score (nSPS) is 14.5. The van der Waals surface area contributed by atoms with Crippen LogP contribution in [0.25, 0.3) is 0 Å². The number of hydrogen-bond donors (Lipinski definition) is 2. The largest absolute Gasteiger partial charge is 0.487 e. The van der Waals surface area contributed by atoms with Crippen LogP contribution in [0.4, 0.5) is 28.9 Å². The average molecular weight is 407 g/mol. The molecule has 2 N–H and O–H groups in total. The molecule has 1 heterocycles. The first-order valence-corrected chi connectivity index (χ1v) is 7.59. The molecule has 1 aliphatic heterocycles. The lowest BCUT2D eigenvalue weighted by Gasteiger charge is -2.17. The number of amides is 2. The number of ether oxygens (including phenoxy) is 1. The number of alkyl halides is 4. The van der Waals surface area contributed by atoms with Crippen LogP contribution >= 0.6 is 0 Å². The Bertz CT molecular complexity index is 830. The van der Waals surface area contributed by atoms with Crippen molar-refractivity contribution in [3.8, 4) is 5.75 Å². The van der Waals surface area contributed by atoms with Crippen LogP contribution in [-0.4, -0.2) is 58.9 Å². The van der Waals surface area contributed by atoms with Gasteiger partial charge >= 0.3 is 12.3 Å². The molecule has 0 aliphatic carbocycles. The molecule has 0 radical (unpaired) electrons. The van der Waals surface area contributed by atoms with E-state index >= 15 is 0 Å². The Morgan fingerprint density at radius 1 is 1.29 bits per heavy atom. The molecule has 1 aromatic carbocycles. The third kappa shape index (κ3) is 4.73. The topological polar surface area (TPSA) is 122 Å². The summed E-state index contributed by atoms with van der Waals surface area (Å²) in [5.74, 6) is -6.56. The lowest BCUT2D eigenvalue weighted by molar-refractivity contribution is -0.384. The lowest BCUT2D eigenvalue weighted by Crippen LogP contribution is -2.34. The van der Waals surface area contributed by atoms with Crippen molar-refractivity contribution in [3.63, 3.8) is 0 Å². The number of nitro benzene ring substituents is 1. The highest BCUT2D eigenvalue weighted by Crippen LogP contribution is 2.30. The van der Waals surface area contributed by atoms with Crippen molar-refractivity contribution in [2.24, 2.45) is 0 Å². The Balaban J connectivity index is 2.24. The molecular formula is C15H13F4N3O6. The van der Waals surface area contributed by atoms with Crippen molar-refractivity contribution < 1.29 is 41.9 Å². The number of aliphatic hydroxyl groups is 1. The highest BCUT2D eigenvalue weighted by Gasteiger charge is 2.41. The SMILES string of the molecule is O=C1C=C(Nc2cc(OCC(F)(F)C(F)F)cc([N+](=O)[O-])c2)C(=O)N1CCO. The maximum absolute atomic E-state index is 13.0. The highest BCUT2D eigenvalue weighted by atomic mass is 19.3. The predicted molar refractivity (Wildman–Crippen MR) is 85.1 cm³/mol. The molecule has 152 valence electrons. The monoisotopic (exact) mass is 407 g/mol. The number of carbonyl (C=O) groups is 2. The standard InChI is InChI=1S/C15H13F4N3O6/c16-14(17)15(18,19)7-28-10-4-8(3-9(5-10)22(26)27)20-11-6-12(24)21(1-2-23)13(11)25/h3-6,14,20,23H,1-2,7H2. The molecule has 28 heavy (non-hydrogen) atoms. The summed E-state index contributed by atoms with van der Waals surface area (Å²) in [7, 11) is 0. The lowest BCUT2D eigenvalue weighted by atomic mass is 10.2. The molecule has 1 aliphatic rings. The molecule has 0 saturated heterocycles. The number of rotatable bonds is 9. The minimum Gasteiger partial charge on any atom is -0.487 e. The first-order chi connectivity index (χ1) is 13.0. The van der Waals surface area contributed by atoms with Gasteiger partial charge in [-0.05, 0) is 0 Å². The van der Waals surface area contributed by atoms with Gasteiger partial charge in [0.25, 0.3) is 17.5 Å². The number of nitro groups is 1. The zero-order valence-corrected chi connectivity index (χ0v) is 13.9. The number of halogens is 4. The summed E-state index contributed by atoms with van der Waals surface area (Å²) in [6.45, 7) is -2.48. The Morgan fingerprint density at radius 3 is 2.54 bits per heavy atom. The third-order valence-electron chi connectivity index (χ3n) is 3.46. The number of aliphatic hydroxyl groups excluding tert-OH is 1. The number of anilines is 1. The zero-order chi connectivity index (χ0) is 21.1. The first kappa shape index (κ1) is 21.1. The van der Waals surface area contributed by atoms with Crippen LogP contribution in [0, 0.1) is 10.1 Å². The quantitative estimate of drug-likeness (QED) is 0.276. The van der Waals surface area contributed by atoms with E-state index in [1.54, 1.807) is 0 Å². The minimum atomic E-state index is -4.47. The number of nitrogens with zero attached hydrogens (tertiary/aromatic N) is 2. The van der Waals surface area contributed by atoms with Gasteiger partial charge < -0.3 is 15.2 Å². The van der Waals surface area contributed by atoms with E-state index in [0.717, 1.165) is 24.3 Å². The molecule has 0 aromatic heterocycles. The summed E-state index contributed by atoms with van der Waals surface area (Å²) in [5.41, 5.74) is -1.10. The number of hydrogen-bond acceptors (Lipinski definition) is 7. The Labute approximate surface area is 154 Å². The second-order valence-corrected chi connectivity index (χ2v) is 5.52. The number of benzene rings is 1. The van der Waals surface area contributed by atoms with Crippen LogP contribution in [0.3, 0.4) is 0 Å². The molecule has 1 aromatic rings. The van der Waals surface area contributed by atoms with E-state index in [1.807, 2.05) is 0 Å². The summed E-state index contributed by atoms with van der Waals surface area (Å²) in [5, 5.41) is 22.2. The summed E-state index contributed by atoms with van der Waals surface area (Å²) in [4.78, 5) is 34.6. The predicted octanol–water partition coefficient (Wildman–Crippen LogP) is 1.53. The molecule has 0 atom stereocenters. The van der Waals surface area contributed by atoms with Gasteiger partial charge in [-0.1, -0.05) is 0 Å². The van der Waals surface area contributed by atoms with E-state index in [-0.39, 0.29) is 17.9 Å². The van der Waals surface area contributed by atoms with Crippen molar-refractivity contribution in [1.29, 1.82) is 0 Å². The van der Waals surface area contributed by atoms with E-state index in [1.165, 1.54) is 0 Å². The van der Waals surface area contributed by atoms with E-state index in [2.05, 4.69) is 10.1 Å². The number of carbonyl (C=O) groups excluding carboxylic acids is 2. The van der Waals surface area contributed by atoms with Crippen LogP contribution in [0.15, 0.2) is 30.0 Å². The van der Waals surface area contributed by atoms with Gasteiger partial charge in [-0.25, -0.2) is 8.78 Å². The average Bonchev–Trinajstić information content (AvgIpc) is 2.87. The second kappa shape index (κ2) is 8.21. The van der Waals surface area contributed by atoms with Gasteiger partial charge in [-0.2, -0.15) is 8.78 Å². The fourth-order valence-electron chi connectivity index (χ4n) is 2.15. The molecule has 0 saturated carbocycles. The van der Waals surface area contributed by atoms with Gasteiger partial charge in [0.05, 0.1) is 24.1 Å². The molecule has 2 rings (SSSR count). The van der Waals surface area contributed by atoms with Gasteiger partial charge in [0, 0.05) is 23.9 Å². The number of non-ortho nitro benzene ring substituents is 1. The zero-order valence-electron chi connectivity index (χ0n) is 13.9. The van der Waals surface area contributed by atoms with Crippen molar-refractivity contribution in [3.05, 3.63) is 40.1 Å². The van der Waals surface area contributed by atoms with Crippen LogP contribution in [0.2, 0.25) is 0 Å². The number of nitrogens with one attached hydrogen (secondary N) is 1. The van der Waals surface area contributed by atoms with Crippen molar-refractivity contribution >= 4 is 23.2 Å². The van der Waals surface area contributed by atoms with Crippen molar-refractivity contribution in [2.45, 2.75) is 12.3 Å². The van der Waals surface area contributed by atoms with Crippen LogP contribution in [-0.2, 0) is 9.59 Å². The summed E-state index contributed by atoms with van der Waals surface area (Å²) in [6.07, 6.45) is -3.11. The van der Waals surface area contributed by atoms with E-state index in [4.69, 9.17) is 5.11 Å². The summed E-state index contributed by atoms with van der Waals surface area (Å²) in [6, 6.07) is 2.62. The third-order valence-corrected chi connectivity index (χ3v) is 3.46. The summed E-state index contributed by atoms with van der Waals surface area (Å²) < 4.78 is 54.9. The van der Waals surface area contributed by atoms with Gasteiger partial charge in [0.1, 0.15) is 11.4 Å². The highest BCUT2D eigenvalue weighted by molar-refractivity contribution is 6.17. The Morgan fingerprint density at radius 2 is 1.96 bits per heavy atom. The molecule has 13 heteroatoms. The number of imide groups is 1. The van der Waals surface area contributed by atoms with Gasteiger partial charge in [0.15, 0.2) is 6.61 Å². The van der Waals surface area contributed by atoms with E-state index < -0.39 is 53.7 Å². The van der Waals surface area contributed by atoms with Crippen molar-refractivity contribution in [2.75, 3.05) is 25.1 Å². The van der Waals surface area contributed by atoms with Gasteiger partial charge in [-0.3, -0.25) is 24.6 Å². The minimum absolute atomic E-state index is 0.178. The van der Waals surface area contributed by atoms with Crippen LogP contribution in [0.1, 0.15) is 0 Å². The molecule has 9 nitrogen and oxygen atoms in total. The maximum Gasteiger partial charge on any atom is 0.340 e. The molecule has 0 spiro atoms. The fourth-order valence-corrected chi connectivity index (χ4v) is 2.15. The molecular weight excluding hydrogens is 394 g/mol. The van der Waals surface area contributed by atoms with Crippen LogP contribution < -0.4 is 10.1 Å². The van der Waals surface area contributed by atoms with E-state index in [0.29, 0.717) is 4.90 Å². The Kier molecular flexibility index (Phi) is 6.18. The maximum atomic E-state index is 13.0. The number of β-amino-alcohol motifs (C(OH)–C–C–N with tert-alkyl or cyclic N) is 1. The Hall–Kier alpha value is -3.22. The van der Waals surface area contributed by atoms with E-state index in [9.17, 15) is 37.3 Å². The van der Waals surface area contributed by atoms with Gasteiger partial charge in [-0.15, -0.1) is 0 Å². The van der Waals surface area contributed by atoms with Gasteiger partial charge in [0.2, 0.25) is 0 Å². The molecule has 0 bridgehead atoms. The fraction of sp³-hybridized carbons (Fsp3) is 0.333. The van der Waals surface area contributed by atoms with Crippen LogP contribution in [0.5, 0.6) is 5.75 Å². The smallest absolute Gasteiger partial charge is 0.340 e. The molecule has 0 unspecified atom stereocenters.